The van der Waals surface area contributed by atoms with Gasteiger partial charge >= 0.3 is 18.6 Å². The number of amidine groups is 1. The molecule has 0 fully saturated rings. The maximum absolute atomic E-state index is 13.3. The fourth-order valence-electron chi connectivity index (χ4n) is 3.06. The van der Waals surface area contributed by atoms with E-state index in [1.807, 2.05) is 0 Å². The quantitative estimate of drug-likeness (QED) is 0.213. The molecule has 0 saturated heterocycles. The Hall–Kier alpha value is -2.60. The van der Waals surface area contributed by atoms with Crippen molar-refractivity contribution in [1.29, 1.82) is 0 Å². The van der Waals surface area contributed by atoms with Gasteiger partial charge in [-0.25, -0.2) is 18.6 Å². The second-order valence-electron chi connectivity index (χ2n) is 8.15. The number of rotatable bonds is 8. The molecule has 0 radical (unpaired) electrons. The summed E-state index contributed by atoms with van der Waals surface area (Å²) in [7, 11) is 2.83. The van der Waals surface area contributed by atoms with Crippen molar-refractivity contribution in [3.8, 4) is 5.69 Å². The van der Waals surface area contributed by atoms with E-state index in [0.29, 0.717) is 12.1 Å². The van der Waals surface area contributed by atoms with Gasteiger partial charge in [0.2, 0.25) is 5.84 Å². The van der Waals surface area contributed by atoms with Crippen molar-refractivity contribution >= 4 is 52.9 Å². The largest absolute Gasteiger partial charge is 0.533 e. The van der Waals surface area contributed by atoms with E-state index in [0.717, 1.165) is 14.5 Å². The fourth-order valence-corrected chi connectivity index (χ4v) is 4.33. The number of nitrogens with one attached hydrogen (secondary N) is 1. The molecule has 2 aromatic rings. The molecular weight excluding hydrogens is 605 g/mol. The summed E-state index contributed by atoms with van der Waals surface area (Å²) in [4.78, 5) is 19.4. The van der Waals surface area contributed by atoms with Gasteiger partial charge in [-0.15, -0.1) is 13.2 Å². The highest BCUT2D eigenvalue weighted by Gasteiger charge is 2.38. The molecule has 1 aromatic heterocycles. The van der Waals surface area contributed by atoms with Crippen molar-refractivity contribution in [3.05, 3.63) is 33.4 Å². The number of halogens is 8. The van der Waals surface area contributed by atoms with E-state index in [-0.39, 0.29) is 52.8 Å². The topological polar surface area (TPSA) is 93.4 Å². The van der Waals surface area contributed by atoms with Gasteiger partial charge in [-0.2, -0.15) is 18.3 Å². The summed E-state index contributed by atoms with van der Waals surface area (Å²) in [6, 6.07) is 0.502. The third-order valence-electron chi connectivity index (χ3n) is 4.69. The molecule has 0 aliphatic carbocycles. The third-order valence-corrected chi connectivity index (χ3v) is 6.09. The number of hydrogen-bond donors (Lipinski definition) is 1. The zero-order valence-corrected chi connectivity index (χ0v) is 22.8. The number of urea groups is 1. The van der Waals surface area contributed by atoms with Crippen LogP contribution in [0.4, 0.5) is 37.0 Å². The normalized spacial score (nSPS) is 14.1. The van der Waals surface area contributed by atoms with Gasteiger partial charge in [0.25, 0.3) is 0 Å². The van der Waals surface area contributed by atoms with E-state index >= 15 is 0 Å². The zero-order chi connectivity index (χ0) is 29.3. The lowest BCUT2D eigenvalue weighted by Crippen LogP contribution is -2.41. The van der Waals surface area contributed by atoms with Gasteiger partial charge in [0, 0.05) is 26.1 Å². The molecule has 39 heavy (non-hydrogen) atoms. The summed E-state index contributed by atoms with van der Waals surface area (Å²) in [6.45, 7) is 2.68. The van der Waals surface area contributed by atoms with Crippen molar-refractivity contribution < 1.29 is 44.9 Å². The minimum absolute atomic E-state index is 0.197. The van der Waals surface area contributed by atoms with Gasteiger partial charge in [0.15, 0.2) is 12.4 Å². The molecule has 0 bridgehead atoms. The number of benzene rings is 1. The van der Waals surface area contributed by atoms with Crippen LogP contribution in [-0.4, -0.2) is 71.5 Å². The Bertz CT molecular complexity index is 1230. The number of carbonyl (C=O) groups excluding carboxylic acids is 1. The average Bonchev–Trinajstić information content (AvgIpc) is 3.40. The number of alkyl halides is 6. The van der Waals surface area contributed by atoms with E-state index in [9.17, 15) is 31.1 Å². The number of oxime groups is 1. The Morgan fingerprint density at radius 1 is 1.21 bits per heavy atom. The predicted octanol–water partition coefficient (Wildman–Crippen LogP) is 6.17. The molecule has 3 rings (SSSR count). The van der Waals surface area contributed by atoms with Crippen LogP contribution in [0.1, 0.15) is 25.1 Å². The van der Waals surface area contributed by atoms with E-state index < -0.39 is 40.9 Å². The van der Waals surface area contributed by atoms with Crippen LogP contribution in [0.2, 0.25) is 10.0 Å². The molecule has 0 unspecified atom stereocenters. The molecule has 2 heterocycles. The Balaban J connectivity index is 2.27. The number of amides is 2. The van der Waals surface area contributed by atoms with E-state index in [1.165, 1.54) is 14.1 Å². The predicted molar refractivity (Wildman–Crippen MR) is 130 cm³/mol. The maximum atomic E-state index is 13.3. The summed E-state index contributed by atoms with van der Waals surface area (Å²) in [5.41, 5.74) is -1.85. The first-order valence-corrected chi connectivity index (χ1v) is 12.2. The van der Waals surface area contributed by atoms with Gasteiger partial charge in [-0.3, -0.25) is 0 Å². The van der Waals surface area contributed by atoms with Crippen LogP contribution in [0.25, 0.3) is 5.69 Å². The molecule has 216 valence electrons. The second kappa shape index (κ2) is 11.9. The smallest absolute Gasteiger partial charge is 0.371 e. The van der Waals surface area contributed by atoms with Crippen LogP contribution in [0.3, 0.4) is 0 Å². The molecule has 1 aliphatic heterocycles. The number of hydrogen-bond acceptors (Lipinski definition) is 8. The lowest BCUT2D eigenvalue weighted by atomic mass is 10.2. The number of ether oxygens (including phenoxy) is 1. The van der Waals surface area contributed by atoms with Gasteiger partial charge < -0.3 is 19.8 Å². The molecule has 1 N–H and O–H groups in total. The fraction of sp³-hybridized carbons (Fsp3) is 0.450. The third kappa shape index (κ3) is 7.33. The Kier molecular flexibility index (Phi) is 9.42. The molecule has 10 nitrogen and oxygen atoms in total. The number of carbonyl (C=O) groups is 1. The average molecular weight is 625 g/mol. The first kappa shape index (κ1) is 30.9. The van der Waals surface area contributed by atoms with Crippen LogP contribution in [0, 0.1) is 0 Å². The van der Waals surface area contributed by atoms with Gasteiger partial charge in [0.05, 0.1) is 21.7 Å². The molecule has 1 aliphatic rings. The molecule has 1 aromatic carbocycles. The van der Waals surface area contributed by atoms with Crippen LogP contribution < -0.4 is 5.32 Å². The standard InChI is InChI=1S/C20H20Cl2F6N6O4S/c1-9(2)36-7-29-17-15(39-38-20(26,27)28)13(16-31-37-8-33(16)18(35)32(3)4)30-34(17)14-11(21)5-10(6-12(14)22)19(23,24)25/h5-6,9,29H,7-8H2,1-4H3. The summed E-state index contributed by atoms with van der Waals surface area (Å²) in [5, 5.41) is 9.62. The monoisotopic (exact) mass is 624 g/mol. The van der Waals surface area contributed by atoms with Crippen molar-refractivity contribution in [2.75, 3.05) is 32.9 Å². The van der Waals surface area contributed by atoms with Crippen LogP contribution in [0.5, 0.6) is 0 Å². The summed E-state index contributed by atoms with van der Waals surface area (Å²) >= 11 is 12.2. The molecule has 0 saturated carbocycles. The second-order valence-corrected chi connectivity index (χ2v) is 9.71. The van der Waals surface area contributed by atoms with Gasteiger partial charge in [-0.1, -0.05) is 28.4 Å². The molecule has 0 atom stereocenters. The highest BCUT2D eigenvalue weighted by Crippen LogP contribution is 2.43. The van der Waals surface area contributed by atoms with Crippen molar-refractivity contribution in [2.24, 2.45) is 5.16 Å². The molecule has 0 spiro atoms. The minimum atomic E-state index is -5.12. The summed E-state index contributed by atoms with van der Waals surface area (Å²) in [6.07, 6.45) is -10.2. The number of nitrogens with zero attached hydrogens (tertiary/aromatic N) is 5. The molecule has 19 heteroatoms. The first-order valence-electron chi connectivity index (χ1n) is 10.7. The molecule has 2 amide bonds. The van der Waals surface area contributed by atoms with Crippen LogP contribution >= 0.6 is 35.2 Å². The van der Waals surface area contributed by atoms with Crippen molar-refractivity contribution in [3.63, 3.8) is 0 Å². The Morgan fingerprint density at radius 3 is 2.33 bits per heavy atom. The zero-order valence-electron chi connectivity index (χ0n) is 20.4. The highest BCUT2D eigenvalue weighted by atomic mass is 35.5. The minimum Gasteiger partial charge on any atom is -0.371 e. The van der Waals surface area contributed by atoms with Gasteiger partial charge in [0.1, 0.15) is 23.1 Å². The van der Waals surface area contributed by atoms with Gasteiger partial charge in [-0.05, 0) is 26.0 Å². The first-order chi connectivity index (χ1) is 18.0. The summed E-state index contributed by atoms with van der Waals surface area (Å²) < 4.78 is 89.4. The number of aromatic nitrogens is 2. The van der Waals surface area contributed by atoms with E-state index in [2.05, 4.69) is 19.8 Å². The number of anilines is 1. The summed E-state index contributed by atoms with van der Waals surface area (Å²) in [5.74, 6) is -0.581. The molecular formula is C20H20Cl2F6N6O4S. The van der Waals surface area contributed by atoms with Crippen LogP contribution in [-0.2, 0) is 19.9 Å². The van der Waals surface area contributed by atoms with Crippen molar-refractivity contribution in [2.45, 2.75) is 37.4 Å². The lowest BCUT2D eigenvalue weighted by Gasteiger charge is -2.19. The lowest BCUT2D eigenvalue weighted by molar-refractivity contribution is -0.266. The SMILES string of the molecule is CC(C)OCNc1c(SOC(F)(F)F)c(C2=NOCN2C(=O)N(C)C)nn1-c1c(Cl)cc(C(F)(F)F)cc1Cl. The van der Waals surface area contributed by atoms with Crippen molar-refractivity contribution in [1.82, 2.24) is 19.6 Å². The van der Waals surface area contributed by atoms with E-state index in [1.54, 1.807) is 13.8 Å². The Labute approximate surface area is 231 Å². The maximum Gasteiger partial charge on any atom is 0.533 e. The Morgan fingerprint density at radius 2 is 1.82 bits per heavy atom. The van der Waals surface area contributed by atoms with E-state index in [4.69, 9.17) is 32.8 Å². The highest BCUT2D eigenvalue weighted by molar-refractivity contribution is 7.95. The van der Waals surface area contributed by atoms with Crippen LogP contribution in [0.15, 0.2) is 22.2 Å².